The van der Waals surface area contributed by atoms with Crippen molar-refractivity contribution in [3.63, 3.8) is 0 Å². The van der Waals surface area contributed by atoms with Gasteiger partial charge in [0.1, 0.15) is 11.5 Å². The molecule has 1 N–H and O–H groups in total. The number of hydrogen-bond donors (Lipinski definition) is 1. The molecule has 5 heteroatoms. The molecule has 21 heavy (non-hydrogen) atoms. The fraction of sp³-hybridized carbons (Fsp3) is 0.375. The van der Waals surface area contributed by atoms with Crippen LogP contribution in [0.2, 0.25) is 0 Å². The quantitative estimate of drug-likeness (QED) is 0.772. The summed E-state index contributed by atoms with van der Waals surface area (Å²) in [5.74, 6) is 1.77. The van der Waals surface area contributed by atoms with Gasteiger partial charge in [0.2, 0.25) is 0 Å². The Morgan fingerprint density at radius 1 is 1.24 bits per heavy atom. The summed E-state index contributed by atoms with van der Waals surface area (Å²) in [4.78, 5) is 1.19. The fourth-order valence-electron chi connectivity index (χ4n) is 2.19. The third kappa shape index (κ3) is 3.78. The van der Waals surface area contributed by atoms with E-state index in [1.807, 2.05) is 18.2 Å². The Labute approximate surface area is 138 Å². The second-order valence-electron chi connectivity index (χ2n) is 4.63. The van der Waals surface area contributed by atoms with Crippen molar-refractivity contribution in [1.29, 1.82) is 0 Å². The van der Waals surface area contributed by atoms with Crippen LogP contribution in [0.15, 0.2) is 34.1 Å². The first-order valence-electron chi connectivity index (χ1n) is 6.89. The van der Waals surface area contributed by atoms with Gasteiger partial charge in [-0.1, -0.05) is 28.9 Å². The third-order valence-corrected chi connectivity index (χ3v) is 4.91. The fourth-order valence-corrected chi connectivity index (χ4v) is 3.73. The molecule has 0 bridgehead atoms. The summed E-state index contributed by atoms with van der Waals surface area (Å²) in [6, 6.07) is 8.20. The summed E-state index contributed by atoms with van der Waals surface area (Å²) in [7, 11) is 3.39. The second-order valence-corrected chi connectivity index (χ2v) is 6.43. The highest BCUT2D eigenvalue weighted by Crippen LogP contribution is 2.38. The molecular formula is C16H20BrNO2S. The Balaban J connectivity index is 2.40. The van der Waals surface area contributed by atoms with E-state index in [4.69, 9.17) is 9.47 Å². The van der Waals surface area contributed by atoms with Gasteiger partial charge in [-0.3, -0.25) is 0 Å². The van der Waals surface area contributed by atoms with E-state index in [-0.39, 0.29) is 6.04 Å². The van der Waals surface area contributed by atoms with Crippen LogP contribution < -0.4 is 14.8 Å². The zero-order chi connectivity index (χ0) is 15.2. The number of thiophene rings is 1. The van der Waals surface area contributed by atoms with Gasteiger partial charge in [-0.2, -0.15) is 0 Å². The van der Waals surface area contributed by atoms with Gasteiger partial charge >= 0.3 is 0 Å². The van der Waals surface area contributed by atoms with Crippen molar-refractivity contribution in [2.24, 2.45) is 0 Å². The molecule has 0 aliphatic carbocycles. The predicted molar refractivity (Wildman–Crippen MR) is 91.7 cm³/mol. The smallest absolute Gasteiger partial charge is 0.134 e. The molecule has 1 atom stereocenters. The normalized spacial score (nSPS) is 12.2. The highest BCUT2D eigenvalue weighted by Gasteiger charge is 2.21. The minimum absolute atomic E-state index is 0.111. The van der Waals surface area contributed by atoms with E-state index >= 15 is 0 Å². The molecule has 0 amide bonds. The number of nitrogens with one attached hydrogen (secondary N) is 1. The van der Waals surface area contributed by atoms with Gasteiger partial charge < -0.3 is 14.8 Å². The van der Waals surface area contributed by atoms with Crippen molar-refractivity contribution >= 4 is 27.3 Å². The van der Waals surface area contributed by atoms with Crippen LogP contribution in [0, 0.1) is 0 Å². The van der Waals surface area contributed by atoms with Gasteiger partial charge in [0.15, 0.2) is 0 Å². The van der Waals surface area contributed by atoms with Gasteiger partial charge in [0.25, 0.3) is 0 Å². The van der Waals surface area contributed by atoms with Crippen LogP contribution in [0.1, 0.15) is 29.8 Å². The van der Waals surface area contributed by atoms with Crippen LogP contribution in [-0.4, -0.2) is 20.8 Å². The van der Waals surface area contributed by atoms with Gasteiger partial charge in [-0.25, -0.2) is 0 Å². The summed E-state index contributed by atoms with van der Waals surface area (Å²) < 4.78 is 11.8. The van der Waals surface area contributed by atoms with E-state index in [0.717, 1.165) is 28.9 Å². The van der Waals surface area contributed by atoms with E-state index in [1.54, 1.807) is 25.6 Å². The van der Waals surface area contributed by atoms with Crippen molar-refractivity contribution in [2.45, 2.75) is 19.4 Å². The van der Waals surface area contributed by atoms with Crippen LogP contribution in [0.5, 0.6) is 11.5 Å². The monoisotopic (exact) mass is 369 g/mol. The van der Waals surface area contributed by atoms with E-state index in [0.29, 0.717) is 0 Å². The maximum atomic E-state index is 5.48. The lowest BCUT2D eigenvalue weighted by atomic mass is 10.0. The molecular weight excluding hydrogens is 350 g/mol. The van der Waals surface area contributed by atoms with Crippen molar-refractivity contribution in [3.8, 4) is 11.5 Å². The number of benzene rings is 1. The molecule has 0 aliphatic heterocycles. The molecule has 1 heterocycles. The van der Waals surface area contributed by atoms with Crippen LogP contribution >= 0.6 is 27.3 Å². The molecule has 114 valence electrons. The number of hydrogen-bond acceptors (Lipinski definition) is 4. The number of methoxy groups -OCH3 is 2. The highest BCUT2D eigenvalue weighted by molar-refractivity contribution is 9.10. The Bertz CT molecular complexity index is 585. The zero-order valence-corrected chi connectivity index (χ0v) is 14.9. The van der Waals surface area contributed by atoms with Crippen LogP contribution in [0.4, 0.5) is 0 Å². The SMILES string of the molecule is CCCNC(c1ccc(OC)cc1Br)c1sccc1OC. The van der Waals surface area contributed by atoms with Crippen molar-refractivity contribution in [2.75, 3.05) is 20.8 Å². The zero-order valence-electron chi connectivity index (χ0n) is 12.5. The second kappa shape index (κ2) is 7.82. The Kier molecular flexibility index (Phi) is 6.08. The molecule has 1 aromatic heterocycles. The molecule has 0 aliphatic rings. The lowest BCUT2D eigenvalue weighted by molar-refractivity contribution is 0.406. The summed E-state index contributed by atoms with van der Waals surface area (Å²) in [6.45, 7) is 3.11. The minimum atomic E-state index is 0.111. The van der Waals surface area contributed by atoms with E-state index in [1.165, 1.54) is 10.4 Å². The number of rotatable bonds is 7. The molecule has 1 unspecified atom stereocenters. The van der Waals surface area contributed by atoms with Gasteiger partial charge in [-0.15, -0.1) is 11.3 Å². The molecule has 1 aromatic carbocycles. The molecule has 0 spiro atoms. The van der Waals surface area contributed by atoms with Crippen LogP contribution in [0.25, 0.3) is 0 Å². The molecule has 0 fully saturated rings. The van der Waals surface area contributed by atoms with Crippen molar-refractivity contribution < 1.29 is 9.47 Å². The molecule has 2 rings (SSSR count). The first kappa shape index (κ1) is 16.3. The maximum Gasteiger partial charge on any atom is 0.134 e. The minimum Gasteiger partial charge on any atom is -0.497 e. The third-order valence-electron chi connectivity index (χ3n) is 3.26. The number of halogens is 1. The Morgan fingerprint density at radius 3 is 2.67 bits per heavy atom. The summed E-state index contributed by atoms with van der Waals surface area (Å²) in [5, 5.41) is 5.66. The predicted octanol–water partition coefficient (Wildman–Crippen LogP) is 4.62. The summed E-state index contributed by atoms with van der Waals surface area (Å²) >= 11 is 5.36. The average Bonchev–Trinajstić information content (AvgIpc) is 2.97. The first-order chi connectivity index (χ1) is 10.2. The molecule has 0 saturated heterocycles. The number of ether oxygens (including phenoxy) is 2. The van der Waals surface area contributed by atoms with Gasteiger partial charge in [-0.05, 0) is 42.1 Å². The Morgan fingerprint density at radius 2 is 2.05 bits per heavy atom. The lowest BCUT2D eigenvalue weighted by Gasteiger charge is -2.21. The lowest BCUT2D eigenvalue weighted by Crippen LogP contribution is -2.23. The maximum absolute atomic E-state index is 5.48. The molecule has 2 aromatic rings. The van der Waals surface area contributed by atoms with E-state index < -0.39 is 0 Å². The van der Waals surface area contributed by atoms with Crippen molar-refractivity contribution in [1.82, 2.24) is 5.32 Å². The van der Waals surface area contributed by atoms with Gasteiger partial charge in [0, 0.05) is 4.47 Å². The van der Waals surface area contributed by atoms with Crippen LogP contribution in [0.3, 0.4) is 0 Å². The summed E-state index contributed by atoms with van der Waals surface area (Å²) in [5.41, 5.74) is 1.19. The van der Waals surface area contributed by atoms with E-state index in [2.05, 4.69) is 39.6 Å². The molecule has 0 saturated carbocycles. The van der Waals surface area contributed by atoms with Gasteiger partial charge in [0.05, 0.1) is 25.1 Å². The van der Waals surface area contributed by atoms with E-state index in [9.17, 15) is 0 Å². The van der Waals surface area contributed by atoms with Crippen LogP contribution in [-0.2, 0) is 0 Å². The standard InChI is InChI=1S/C16H20BrNO2S/c1-4-8-18-15(16-14(20-3)7-9-21-16)12-6-5-11(19-2)10-13(12)17/h5-7,9-10,15,18H,4,8H2,1-3H3. The molecule has 3 nitrogen and oxygen atoms in total. The average molecular weight is 370 g/mol. The summed E-state index contributed by atoms with van der Waals surface area (Å²) in [6.07, 6.45) is 1.08. The highest BCUT2D eigenvalue weighted by atomic mass is 79.9. The topological polar surface area (TPSA) is 30.5 Å². The Hall–Kier alpha value is -1.04. The first-order valence-corrected chi connectivity index (χ1v) is 8.56. The largest absolute Gasteiger partial charge is 0.497 e. The van der Waals surface area contributed by atoms with Crippen molar-refractivity contribution in [3.05, 3.63) is 44.6 Å². The molecule has 0 radical (unpaired) electrons.